The fourth-order valence-corrected chi connectivity index (χ4v) is 3.79. The van der Waals surface area contributed by atoms with E-state index in [2.05, 4.69) is 11.9 Å². The van der Waals surface area contributed by atoms with Crippen LogP contribution < -0.4 is 5.32 Å². The lowest BCUT2D eigenvalue weighted by molar-refractivity contribution is -0.142. The number of nitrogens with one attached hydrogen (secondary N) is 1. The van der Waals surface area contributed by atoms with Crippen LogP contribution in [-0.4, -0.2) is 23.0 Å². The molecule has 0 aromatic heterocycles. The number of allylic oxidation sites excluding steroid dienone is 1. The summed E-state index contributed by atoms with van der Waals surface area (Å²) >= 11 is 0. The molecule has 0 aromatic rings. The molecule has 0 spiro atoms. The Bertz CT molecular complexity index is 434. The third-order valence-electron chi connectivity index (χ3n) is 4.89. The smallest absolute Gasteiger partial charge is 0.306 e. The second kappa shape index (κ2) is 3.59. The number of hydrogen-bond acceptors (Lipinski definition) is 2. The molecule has 2 N–H and O–H groups in total. The highest BCUT2D eigenvalue weighted by Crippen LogP contribution is 2.56. The molecular weight excluding hydrogens is 230 g/mol. The molecule has 0 bridgehead atoms. The van der Waals surface area contributed by atoms with E-state index < -0.39 is 5.97 Å². The summed E-state index contributed by atoms with van der Waals surface area (Å²) in [6, 6.07) is 0.0780. The quantitative estimate of drug-likeness (QED) is 0.746. The van der Waals surface area contributed by atoms with E-state index >= 15 is 0 Å². The molecule has 0 aromatic carbocycles. The number of amides is 1. The van der Waals surface area contributed by atoms with Crippen molar-refractivity contribution >= 4 is 11.9 Å². The van der Waals surface area contributed by atoms with E-state index in [0.717, 1.165) is 24.8 Å². The summed E-state index contributed by atoms with van der Waals surface area (Å²) < 4.78 is 0. The molecule has 98 valence electrons. The molecule has 0 unspecified atom stereocenters. The van der Waals surface area contributed by atoms with Crippen LogP contribution in [0, 0.1) is 23.2 Å². The van der Waals surface area contributed by atoms with Gasteiger partial charge in [-0.1, -0.05) is 19.1 Å². The van der Waals surface area contributed by atoms with Gasteiger partial charge in [-0.05, 0) is 37.5 Å². The van der Waals surface area contributed by atoms with Crippen LogP contribution in [0.2, 0.25) is 0 Å². The van der Waals surface area contributed by atoms with E-state index in [1.54, 1.807) is 0 Å². The topological polar surface area (TPSA) is 66.4 Å². The summed E-state index contributed by atoms with van der Waals surface area (Å²) in [6.45, 7) is 5.83. The summed E-state index contributed by atoms with van der Waals surface area (Å²) in [6.07, 6.45) is 3.10. The number of carbonyl (C=O) groups excluding carboxylic acids is 1. The Morgan fingerprint density at radius 1 is 1.33 bits per heavy atom. The van der Waals surface area contributed by atoms with Crippen molar-refractivity contribution in [3.8, 4) is 0 Å². The van der Waals surface area contributed by atoms with Crippen molar-refractivity contribution in [2.24, 2.45) is 23.2 Å². The maximum atomic E-state index is 12.2. The Hall–Kier alpha value is -1.32. The normalized spacial score (nSPS) is 39.7. The first-order chi connectivity index (χ1) is 8.40. The molecule has 18 heavy (non-hydrogen) atoms. The molecule has 3 saturated carbocycles. The SMILES string of the molecule is C=C1CC(C)(C(=O)N[C@@H]2C[C@H](C(=O)O)[C@H]3C[C@H]32)C1. The summed E-state index contributed by atoms with van der Waals surface area (Å²) in [5.41, 5.74) is 0.828. The molecule has 0 saturated heterocycles. The number of fused-ring (bicyclic) bond motifs is 1. The highest BCUT2D eigenvalue weighted by atomic mass is 16.4. The second-order valence-electron chi connectivity index (χ2n) is 6.49. The molecule has 0 aliphatic heterocycles. The van der Waals surface area contributed by atoms with Gasteiger partial charge in [-0.2, -0.15) is 0 Å². The summed E-state index contributed by atoms with van der Waals surface area (Å²) in [4.78, 5) is 23.2. The van der Waals surface area contributed by atoms with E-state index in [1.165, 1.54) is 0 Å². The van der Waals surface area contributed by atoms with Crippen LogP contribution >= 0.6 is 0 Å². The van der Waals surface area contributed by atoms with Gasteiger partial charge in [-0.15, -0.1) is 0 Å². The van der Waals surface area contributed by atoms with Gasteiger partial charge in [0.15, 0.2) is 0 Å². The molecule has 1 amide bonds. The zero-order valence-electron chi connectivity index (χ0n) is 10.6. The van der Waals surface area contributed by atoms with Gasteiger partial charge in [0.2, 0.25) is 5.91 Å². The minimum absolute atomic E-state index is 0.0780. The number of rotatable bonds is 3. The maximum absolute atomic E-state index is 12.2. The van der Waals surface area contributed by atoms with Crippen molar-refractivity contribution in [3.63, 3.8) is 0 Å². The van der Waals surface area contributed by atoms with Gasteiger partial charge in [-0.25, -0.2) is 0 Å². The average molecular weight is 249 g/mol. The molecule has 3 aliphatic carbocycles. The Balaban J connectivity index is 1.60. The van der Waals surface area contributed by atoms with Crippen molar-refractivity contribution in [1.82, 2.24) is 5.32 Å². The van der Waals surface area contributed by atoms with Gasteiger partial charge in [0.1, 0.15) is 0 Å². The third-order valence-corrected chi connectivity index (χ3v) is 4.89. The molecular formula is C14H19NO3. The van der Waals surface area contributed by atoms with Crippen molar-refractivity contribution in [1.29, 1.82) is 0 Å². The second-order valence-corrected chi connectivity index (χ2v) is 6.49. The summed E-state index contributed by atoms with van der Waals surface area (Å²) in [5, 5.41) is 12.2. The van der Waals surface area contributed by atoms with Gasteiger partial charge in [0.25, 0.3) is 0 Å². The Morgan fingerprint density at radius 2 is 2.00 bits per heavy atom. The van der Waals surface area contributed by atoms with Crippen molar-refractivity contribution in [2.75, 3.05) is 0 Å². The monoisotopic (exact) mass is 249 g/mol. The van der Waals surface area contributed by atoms with E-state index in [0.29, 0.717) is 18.3 Å². The number of carbonyl (C=O) groups is 2. The van der Waals surface area contributed by atoms with E-state index in [1.807, 2.05) is 6.92 Å². The first-order valence-electron chi connectivity index (χ1n) is 6.61. The van der Waals surface area contributed by atoms with E-state index in [9.17, 15) is 9.59 Å². The van der Waals surface area contributed by atoms with Crippen LogP contribution in [-0.2, 0) is 9.59 Å². The summed E-state index contributed by atoms with van der Waals surface area (Å²) in [7, 11) is 0. The van der Waals surface area contributed by atoms with Gasteiger partial charge >= 0.3 is 5.97 Å². The minimum Gasteiger partial charge on any atom is -0.481 e. The van der Waals surface area contributed by atoms with Gasteiger partial charge < -0.3 is 10.4 Å². The number of carboxylic acids is 1. The van der Waals surface area contributed by atoms with Crippen molar-refractivity contribution in [3.05, 3.63) is 12.2 Å². The molecule has 4 heteroatoms. The molecule has 3 fully saturated rings. The number of carboxylic acid groups (broad SMARTS) is 1. The Morgan fingerprint density at radius 3 is 2.50 bits per heavy atom. The standard InChI is InChI=1S/C14H19NO3/c1-7-5-14(2,6-7)13(18)15-11-4-10(12(16)17)8-3-9(8)11/h8-11H,1,3-6H2,2H3,(H,15,18)(H,16,17)/t8-,9+,10-,11+/m0/s1. The lowest BCUT2D eigenvalue weighted by Crippen LogP contribution is -2.48. The zero-order chi connectivity index (χ0) is 13.1. The number of aliphatic carboxylic acids is 1. The lowest BCUT2D eigenvalue weighted by atomic mass is 9.67. The average Bonchev–Trinajstić information content (AvgIpc) is 2.95. The molecule has 3 aliphatic rings. The number of hydrogen-bond donors (Lipinski definition) is 2. The Labute approximate surface area is 106 Å². The van der Waals surface area contributed by atoms with Crippen molar-refractivity contribution in [2.45, 2.75) is 38.6 Å². The molecule has 3 rings (SSSR count). The van der Waals surface area contributed by atoms with Crippen molar-refractivity contribution < 1.29 is 14.7 Å². The first kappa shape index (κ1) is 11.8. The summed E-state index contributed by atoms with van der Waals surface area (Å²) in [5.74, 6) is -0.164. The van der Waals surface area contributed by atoms with Crippen LogP contribution in [0.25, 0.3) is 0 Å². The fourth-order valence-electron chi connectivity index (χ4n) is 3.79. The maximum Gasteiger partial charge on any atom is 0.306 e. The van der Waals surface area contributed by atoms with Gasteiger partial charge in [0, 0.05) is 6.04 Å². The lowest BCUT2D eigenvalue weighted by Gasteiger charge is -2.39. The highest BCUT2D eigenvalue weighted by Gasteiger charge is 2.58. The molecule has 4 nitrogen and oxygen atoms in total. The van der Waals surface area contributed by atoms with Gasteiger partial charge in [0.05, 0.1) is 11.3 Å². The minimum atomic E-state index is -0.706. The highest BCUT2D eigenvalue weighted by molar-refractivity contribution is 5.85. The third kappa shape index (κ3) is 1.66. The fraction of sp³-hybridized carbons (Fsp3) is 0.714. The van der Waals surface area contributed by atoms with Crippen LogP contribution in [0.3, 0.4) is 0 Å². The van der Waals surface area contributed by atoms with Crippen LogP contribution in [0.4, 0.5) is 0 Å². The molecule has 4 atom stereocenters. The van der Waals surface area contributed by atoms with Crippen LogP contribution in [0.15, 0.2) is 12.2 Å². The van der Waals surface area contributed by atoms with Gasteiger partial charge in [-0.3, -0.25) is 9.59 Å². The Kier molecular flexibility index (Phi) is 2.34. The van der Waals surface area contributed by atoms with E-state index in [-0.39, 0.29) is 23.3 Å². The zero-order valence-corrected chi connectivity index (χ0v) is 10.6. The van der Waals surface area contributed by atoms with Crippen LogP contribution in [0.1, 0.15) is 32.6 Å². The predicted molar refractivity (Wildman–Crippen MR) is 65.8 cm³/mol. The first-order valence-corrected chi connectivity index (χ1v) is 6.61. The largest absolute Gasteiger partial charge is 0.481 e. The van der Waals surface area contributed by atoms with E-state index in [4.69, 9.17) is 5.11 Å². The molecule has 0 heterocycles. The predicted octanol–water partition coefficient (Wildman–Crippen LogP) is 1.57. The van der Waals surface area contributed by atoms with Crippen LogP contribution in [0.5, 0.6) is 0 Å². The molecule has 0 radical (unpaired) electrons.